The summed E-state index contributed by atoms with van der Waals surface area (Å²) < 4.78 is 5.35. The Morgan fingerprint density at radius 1 is 0.975 bits per heavy atom. The zero-order valence-electron chi connectivity index (χ0n) is 23.5. The van der Waals surface area contributed by atoms with E-state index in [1.807, 2.05) is 77.1 Å². The quantitative estimate of drug-likeness (QED) is 0.319. The molecule has 2 N–H and O–H groups in total. The van der Waals surface area contributed by atoms with Gasteiger partial charge in [-0.2, -0.15) is 0 Å². The van der Waals surface area contributed by atoms with Gasteiger partial charge in [-0.15, -0.1) is 0 Å². The lowest BCUT2D eigenvalue weighted by atomic mass is 9.86. The summed E-state index contributed by atoms with van der Waals surface area (Å²) in [5.74, 6) is -1.14. The van der Waals surface area contributed by atoms with Gasteiger partial charge in [0, 0.05) is 17.3 Å². The van der Waals surface area contributed by atoms with Gasteiger partial charge in [0.15, 0.2) is 0 Å². The van der Waals surface area contributed by atoms with Crippen LogP contribution in [0, 0.1) is 0 Å². The number of carboxylic acids is 1. The molecule has 1 aliphatic heterocycles. The standard InChI is InChI=1S/C32H35ClN2O5/c1-31(2,3)40-30(39)34-18-23-9-7-6-8-21(23)12-10-20-11-15-26(33)24(16-20)19-35-27-17-22(28(36)37)13-14-25(27)32(4,5)29(35)38/h6-9,11,13-17H,10,12,18-19H2,1-5H3,(H,34,39)(H,36,37). The molecule has 0 saturated heterocycles. The Balaban J connectivity index is 1.50. The number of hydrogen-bond donors (Lipinski definition) is 2. The summed E-state index contributed by atoms with van der Waals surface area (Å²) in [6, 6.07) is 18.6. The monoisotopic (exact) mass is 562 g/mol. The van der Waals surface area contributed by atoms with Crippen molar-refractivity contribution in [2.75, 3.05) is 4.90 Å². The molecule has 210 valence electrons. The van der Waals surface area contributed by atoms with Gasteiger partial charge in [-0.25, -0.2) is 9.59 Å². The molecule has 0 unspecified atom stereocenters. The SMILES string of the molecule is CC(C)(C)OC(=O)NCc1ccccc1CCc1ccc(Cl)c(CN2C(=O)C(C)(C)c3ccc(C(=O)O)cc32)c1. The predicted molar refractivity (Wildman–Crippen MR) is 156 cm³/mol. The lowest BCUT2D eigenvalue weighted by molar-refractivity contribution is -0.122. The molecule has 0 aliphatic carbocycles. The molecule has 0 radical (unpaired) electrons. The summed E-state index contributed by atoms with van der Waals surface area (Å²) in [6.07, 6.45) is 1.02. The molecule has 0 atom stereocenters. The van der Waals surface area contributed by atoms with Crippen molar-refractivity contribution >= 4 is 35.3 Å². The first kappa shape index (κ1) is 29.2. The van der Waals surface area contributed by atoms with E-state index in [4.69, 9.17) is 16.3 Å². The van der Waals surface area contributed by atoms with Gasteiger partial charge < -0.3 is 20.1 Å². The summed E-state index contributed by atoms with van der Waals surface area (Å²) in [7, 11) is 0. The fraction of sp³-hybridized carbons (Fsp3) is 0.344. The number of carboxylic acid groups (broad SMARTS) is 1. The molecule has 1 heterocycles. The van der Waals surface area contributed by atoms with E-state index in [2.05, 4.69) is 5.32 Å². The van der Waals surface area contributed by atoms with Crippen molar-refractivity contribution in [2.24, 2.45) is 0 Å². The number of hydrogen-bond acceptors (Lipinski definition) is 4. The van der Waals surface area contributed by atoms with Crippen LogP contribution in [0.15, 0.2) is 60.7 Å². The van der Waals surface area contributed by atoms with Crippen LogP contribution in [0.5, 0.6) is 0 Å². The summed E-state index contributed by atoms with van der Waals surface area (Å²) in [5.41, 5.74) is 4.17. The lowest BCUT2D eigenvalue weighted by Crippen LogP contribution is -2.35. The van der Waals surface area contributed by atoms with E-state index >= 15 is 0 Å². The van der Waals surface area contributed by atoms with E-state index < -0.39 is 23.1 Å². The molecule has 0 spiro atoms. The fourth-order valence-corrected chi connectivity index (χ4v) is 5.12. The number of nitrogens with zero attached hydrogens (tertiary/aromatic N) is 1. The number of ether oxygens (including phenoxy) is 1. The Morgan fingerprint density at radius 3 is 2.35 bits per heavy atom. The van der Waals surface area contributed by atoms with Gasteiger partial charge in [-0.3, -0.25) is 4.79 Å². The number of amides is 2. The number of rotatable bonds is 8. The van der Waals surface area contributed by atoms with Crippen LogP contribution in [0.2, 0.25) is 5.02 Å². The average molecular weight is 563 g/mol. The molecule has 0 saturated carbocycles. The van der Waals surface area contributed by atoms with Crippen LogP contribution in [0.25, 0.3) is 0 Å². The van der Waals surface area contributed by atoms with E-state index in [-0.39, 0.29) is 18.0 Å². The first-order valence-electron chi connectivity index (χ1n) is 13.3. The van der Waals surface area contributed by atoms with Crippen LogP contribution < -0.4 is 10.2 Å². The second-order valence-electron chi connectivity index (χ2n) is 11.6. The van der Waals surface area contributed by atoms with Gasteiger partial charge in [0.05, 0.1) is 17.5 Å². The number of alkyl carbamates (subject to hydrolysis) is 1. The van der Waals surface area contributed by atoms with Crippen molar-refractivity contribution in [1.29, 1.82) is 0 Å². The number of nitrogens with one attached hydrogen (secondary N) is 1. The van der Waals surface area contributed by atoms with E-state index in [1.165, 1.54) is 6.07 Å². The summed E-state index contributed by atoms with van der Waals surface area (Å²) in [5, 5.41) is 12.9. The molecule has 2 amide bonds. The molecule has 4 rings (SSSR count). The number of aromatic carboxylic acids is 1. The van der Waals surface area contributed by atoms with Crippen LogP contribution >= 0.6 is 11.6 Å². The number of aryl methyl sites for hydroxylation is 2. The van der Waals surface area contributed by atoms with Crippen LogP contribution in [0.3, 0.4) is 0 Å². The Hall–Kier alpha value is -3.84. The molecule has 7 nitrogen and oxygen atoms in total. The molecule has 0 bridgehead atoms. The number of halogens is 1. The Morgan fingerprint density at radius 2 is 1.68 bits per heavy atom. The molecular formula is C32H35ClN2O5. The molecule has 0 aromatic heterocycles. The van der Waals surface area contributed by atoms with Gasteiger partial charge >= 0.3 is 12.1 Å². The number of anilines is 1. The summed E-state index contributed by atoms with van der Waals surface area (Å²) in [6.45, 7) is 9.78. The fourth-order valence-electron chi connectivity index (χ4n) is 4.95. The number of carbonyl (C=O) groups excluding carboxylic acids is 2. The lowest BCUT2D eigenvalue weighted by Gasteiger charge is -2.21. The third-order valence-electron chi connectivity index (χ3n) is 7.05. The van der Waals surface area contributed by atoms with Crippen LogP contribution in [0.1, 0.15) is 72.8 Å². The Kier molecular flexibility index (Phi) is 8.26. The minimum absolute atomic E-state index is 0.0991. The van der Waals surface area contributed by atoms with Crippen molar-refractivity contribution in [3.8, 4) is 0 Å². The van der Waals surface area contributed by atoms with Gasteiger partial charge in [0.2, 0.25) is 5.91 Å². The first-order chi connectivity index (χ1) is 18.8. The van der Waals surface area contributed by atoms with Gasteiger partial charge in [0.1, 0.15) is 5.60 Å². The second-order valence-corrected chi connectivity index (χ2v) is 12.0. The first-order valence-corrected chi connectivity index (χ1v) is 13.6. The molecule has 40 heavy (non-hydrogen) atoms. The van der Waals surface area contributed by atoms with Crippen LogP contribution in [-0.2, 0) is 40.9 Å². The van der Waals surface area contributed by atoms with E-state index in [1.54, 1.807) is 17.0 Å². The highest BCUT2D eigenvalue weighted by atomic mass is 35.5. The molecule has 3 aromatic rings. The van der Waals surface area contributed by atoms with E-state index in [9.17, 15) is 19.5 Å². The smallest absolute Gasteiger partial charge is 0.407 e. The van der Waals surface area contributed by atoms with Crippen molar-refractivity contribution in [2.45, 2.75) is 71.6 Å². The Labute approximate surface area is 240 Å². The Bertz CT molecular complexity index is 1460. The number of carbonyl (C=O) groups is 3. The van der Waals surface area contributed by atoms with Gasteiger partial charge in [0.25, 0.3) is 0 Å². The van der Waals surface area contributed by atoms with E-state index in [0.29, 0.717) is 17.3 Å². The van der Waals surface area contributed by atoms with Crippen molar-refractivity contribution in [1.82, 2.24) is 5.32 Å². The number of benzene rings is 3. The zero-order valence-corrected chi connectivity index (χ0v) is 24.3. The van der Waals surface area contributed by atoms with E-state index in [0.717, 1.165) is 40.7 Å². The molecule has 8 heteroatoms. The highest BCUT2D eigenvalue weighted by Crippen LogP contribution is 2.43. The third kappa shape index (κ3) is 6.48. The molecular weight excluding hydrogens is 528 g/mol. The summed E-state index contributed by atoms with van der Waals surface area (Å²) >= 11 is 6.58. The average Bonchev–Trinajstić information content (AvgIpc) is 3.07. The van der Waals surface area contributed by atoms with Gasteiger partial charge in [-0.1, -0.05) is 54.1 Å². The van der Waals surface area contributed by atoms with Crippen molar-refractivity contribution < 1.29 is 24.2 Å². The minimum Gasteiger partial charge on any atom is -0.478 e. The largest absolute Gasteiger partial charge is 0.478 e. The summed E-state index contributed by atoms with van der Waals surface area (Å²) in [4.78, 5) is 38.7. The maximum absolute atomic E-state index is 13.4. The third-order valence-corrected chi connectivity index (χ3v) is 7.42. The van der Waals surface area contributed by atoms with Crippen molar-refractivity contribution in [3.05, 3.63) is 99.1 Å². The normalized spacial score (nSPS) is 14.2. The molecule has 3 aromatic carbocycles. The number of fused-ring (bicyclic) bond motifs is 1. The maximum atomic E-state index is 13.4. The van der Waals surface area contributed by atoms with Gasteiger partial charge in [-0.05, 0) is 93.5 Å². The van der Waals surface area contributed by atoms with Crippen LogP contribution in [-0.4, -0.2) is 28.7 Å². The molecule has 1 aliphatic rings. The zero-order chi connectivity index (χ0) is 29.2. The maximum Gasteiger partial charge on any atom is 0.407 e. The topological polar surface area (TPSA) is 95.9 Å². The van der Waals surface area contributed by atoms with Crippen molar-refractivity contribution in [3.63, 3.8) is 0 Å². The predicted octanol–water partition coefficient (Wildman–Crippen LogP) is 6.67. The highest BCUT2D eigenvalue weighted by Gasteiger charge is 2.44. The highest BCUT2D eigenvalue weighted by molar-refractivity contribution is 6.31. The minimum atomic E-state index is -1.04. The second kappa shape index (κ2) is 11.3. The molecule has 0 fully saturated rings. The van der Waals surface area contributed by atoms with Crippen LogP contribution in [0.4, 0.5) is 10.5 Å².